The van der Waals surface area contributed by atoms with Crippen LogP contribution < -0.4 is 4.72 Å². The number of hydrogen-bond donors (Lipinski definition) is 1. The van der Waals surface area contributed by atoms with Crippen LogP contribution in [0.25, 0.3) is 0 Å². The first-order chi connectivity index (χ1) is 8.35. The molecule has 0 aromatic heterocycles. The van der Waals surface area contributed by atoms with Crippen LogP contribution in [0, 0.1) is 11.8 Å². The van der Waals surface area contributed by atoms with E-state index < -0.39 is 10.2 Å². The Labute approximate surface area is 116 Å². The van der Waals surface area contributed by atoms with Gasteiger partial charge in [0, 0.05) is 25.0 Å². The third kappa shape index (κ3) is 5.03. The Kier molecular flexibility index (Phi) is 6.38. The minimum Gasteiger partial charge on any atom is -0.198 e. The van der Waals surface area contributed by atoms with Gasteiger partial charge >= 0.3 is 0 Å². The zero-order valence-electron chi connectivity index (χ0n) is 11.5. The van der Waals surface area contributed by atoms with Crippen LogP contribution in [-0.2, 0) is 10.2 Å². The van der Waals surface area contributed by atoms with Crippen LogP contribution in [0.5, 0.6) is 0 Å². The lowest BCUT2D eigenvalue weighted by Gasteiger charge is -2.31. The number of halogens is 1. The van der Waals surface area contributed by atoms with Crippen LogP contribution in [0.1, 0.15) is 40.0 Å². The third-order valence-electron chi connectivity index (χ3n) is 3.34. The predicted octanol–water partition coefficient (Wildman–Crippen LogP) is 2.21. The molecule has 1 heterocycles. The average molecular weight is 297 g/mol. The van der Waals surface area contributed by atoms with E-state index in [2.05, 4.69) is 25.5 Å². The van der Waals surface area contributed by atoms with Crippen LogP contribution in [0.3, 0.4) is 0 Å². The van der Waals surface area contributed by atoms with Crippen molar-refractivity contribution >= 4 is 21.8 Å². The molecular weight excluding hydrogens is 272 g/mol. The number of nitrogens with one attached hydrogen (secondary N) is 1. The molecule has 1 aliphatic heterocycles. The minimum atomic E-state index is -3.36. The molecule has 0 bridgehead atoms. The predicted molar refractivity (Wildman–Crippen MR) is 76.0 cm³/mol. The molecule has 1 saturated heterocycles. The highest BCUT2D eigenvalue weighted by atomic mass is 35.5. The van der Waals surface area contributed by atoms with Gasteiger partial charge < -0.3 is 0 Å². The van der Waals surface area contributed by atoms with E-state index in [4.69, 9.17) is 11.6 Å². The molecule has 0 aromatic carbocycles. The van der Waals surface area contributed by atoms with Gasteiger partial charge in [-0.1, -0.05) is 20.8 Å². The molecule has 4 nitrogen and oxygen atoms in total. The molecule has 0 saturated carbocycles. The van der Waals surface area contributed by atoms with Gasteiger partial charge in [-0.15, -0.1) is 11.6 Å². The molecule has 0 amide bonds. The van der Waals surface area contributed by atoms with Crippen molar-refractivity contribution in [3.63, 3.8) is 0 Å². The Morgan fingerprint density at radius 1 is 1.33 bits per heavy atom. The molecule has 1 fully saturated rings. The lowest BCUT2D eigenvalue weighted by atomic mass is 10.0. The van der Waals surface area contributed by atoms with Gasteiger partial charge in [0.05, 0.1) is 0 Å². The fourth-order valence-corrected chi connectivity index (χ4v) is 3.96. The van der Waals surface area contributed by atoms with E-state index in [9.17, 15) is 8.42 Å². The first-order valence-electron chi connectivity index (χ1n) is 6.68. The van der Waals surface area contributed by atoms with Crippen molar-refractivity contribution in [3.8, 4) is 0 Å². The lowest BCUT2D eigenvalue weighted by molar-refractivity contribution is 0.283. The summed E-state index contributed by atoms with van der Waals surface area (Å²) in [4.78, 5) is 0. The molecule has 0 spiro atoms. The van der Waals surface area contributed by atoms with Crippen LogP contribution >= 0.6 is 11.6 Å². The van der Waals surface area contributed by atoms with Gasteiger partial charge in [-0.2, -0.15) is 17.4 Å². The molecule has 1 aliphatic rings. The van der Waals surface area contributed by atoms with Gasteiger partial charge in [-0.25, -0.2) is 0 Å². The summed E-state index contributed by atoms with van der Waals surface area (Å²) in [5.41, 5.74) is 0. The van der Waals surface area contributed by atoms with Gasteiger partial charge in [0.2, 0.25) is 0 Å². The van der Waals surface area contributed by atoms with Crippen LogP contribution in [0.15, 0.2) is 0 Å². The standard InChI is InChI=1S/C12H25ClN2O2S/c1-10(2)8-12(9-13)14-18(16,17)15-6-4-11(3)5-7-15/h10-12,14H,4-9H2,1-3H3. The van der Waals surface area contributed by atoms with Crippen LogP contribution in [0.4, 0.5) is 0 Å². The molecule has 0 aliphatic carbocycles. The van der Waals surface area contributed by atoms with Crippen molar-refractivity contribution in [1.29, 1.82) is 0 Å². The maximum Gasteiger partial charge on any atom is 0.279 e. The first-order valence-corrected chi connectivity index (χ1v) is 8.66. The van der Waals surface area contributed by atoms with E-state index in [1.807, 2.05) is 0 Å². The van der Waals surface area contributed by atoms with E-state index in [0.717, 1.165) is 19.3 Å². The van der Waals surface area contributed by atoms with E-state index in [0.29, 0.717) is 30.8 Å². The summed E-state index contributed by atoms with van der Waals surface area (Å²) in [6, 6.07) is -0.170. The SMILES string of the molecule is CC(C)CC(CCl)NS(=O)(=O)N1CCC(C)CC1. The number of nitrogens with zero attached hydrogens (tertiary/aromatic N) is 1. The van der Waals surface area contributed by atoms with Gasteiger partial charge in [0.15, 0.2) is 0 Å². The largest absolute Gasteiger partial charge is 0.279 e. The highest BCUT2D eigenvalue weighted by Crippen LogP contribution is 2.18. The Morgan fingerprint density at radius 2 is 1.89 bits per heavy atom. The molecule has 1 unspecified atom stereocenters. The lowest BCUT2D eigenvalue weighted by Crippen LogP contribution is -2.48. The van der Waals surface area contributed by atoms with Crippen molar-refractivity contribution in [2.45, 2.75) is 46.1 Å². The molecular formula is C12H25ClN2O2S. The molecule has 1 rings (SSSR count). The normalized spacial score (nSPS) is 21.4. The van der Waals surface area contributed by atoms with Crippen LogP contribution in [-0.4, -0.2) is 37.7 Å². The molecule has 1 N–H and O–H groups in total. The maximum atomic E-state index is 12.2. The summed E-state index contributed by atoms with van der Waals surface area (Å²) in [7, 11) is -3.36. The number of alkyl halides is 1. The zero-order chi connectivity index (χ0) is 13.8. The topological polar surface area (TPSA) is 49.4 Å². The van der Waals surface area contributed by atoms with Gasteiger partial charge in [-0.05, 0) is 31.1 Å². The summed E-state index contributed by atoms with van der Waals surface area (Å²) in [6.45, 7) is 7.53. The maximum absolute atomic E-state index is 12.2. The van der Waals surface area contributed by atoms with Crippen molar-refractivity contribution in [1.82, 2.24) is 9.03 Å². The molecule has 108 valence electrons. The van der Waals surface area contributed by atoms with E-state index in [1.54, 1.807) is 4.31 Å². The quantitative estimate of drug-likeness (QED) is 0.764. The zero-order valence-corrected chi connectivity index (χ0v) is 13.1. The highest BCUT2D eigenvalue weighted by molar-refractivity contribution is 7.87. The fourth-order valence-electron chi connectivity index (χ4n) is 2.22. The minimum absolute atomic E-state index is 0.170. The Hall–Kier alpha value is 0.160. The second kappa shape index (κ2) is 7.08. The van der Waals surface area contributed by atoms with E-state index >= 15 is 0 Å². The summed E-state index contributed by atoms with van der Waals surface area (Å²) < 4.78 is 28.7. The van der Waals surface area contributed by atoms with Crippen molar-refractivity contribution < 1.29 is 8.42 Å². The second-order valence-corrected chi connectivity index (χ2v) is 7.70. The van der Waals surface area contributed by atoms with E-state index in [-0.39, 0.29) is 6.04 Å². The Morgan fingerprint density at radius 3 is 2.33 bits per heavy atom. The fraction of sp³-hybridized carbons (Fsp3) is 1.00. The molecule has 18 heavy (non-hydrogen) atoms. The molecule has 0 radical (unpaired) electrons. The third-order valence-corrected chi connectivity index (χ3v) is 5.39. The number of piperidine rings is 1. The van der Waals surface area contributed by atoms with Crippen molar-refractivity contribution in [2.24, 2.45) is 11.8 Å². The summed E-state index contributed by atoms with van der Waals surface area (Å²) >= 11 is 5.83. The van der Waals surface area contributed by atoms with Gasteiger partial charge in [0.25, 0.3) is 10.2 Å². The van der Waals surface area contributed by atoms with Crippen molar-refractivity contribution in [2.75, 3.05) is 19.0 Å². The Bertz CT molecular complexity index is 338. The monoisotopic (exact) mass is 296 g/mol. The molecule has 0 aromatic rings. The van der Waals surface area contributed by atoms with E-state index in [1.165, 1.54) is 0 Å². The van der Waals surface area contributed by atoms with Gasteiger partial charge in [0.1, 0.15) is 0 Å². The van der Waals surface area contributed by atoms with Crippen LogP contribution in [0.2, 0.25) is 0 Å². The number of rotatable bonds is 6. The first kappa shape index (κ1) is 16.2. The average Bonchev–Trinajstić information content (AvgIpc) is 2.27. The molecule has 1 atom stereocenters. The smallest absolute Gasteiger partial charge is 0.198 e. The Balaban J connectivity index is 2.57. The van der Waals surface area contributed by atoms with Gasteiger partial charge in [-0.3, -0.25) is 0 Å². The number of hydrogen-bond acceptors (Lipinski definition) is 2. The summed E-state index contributed by atoms with van der Waals surface area (Å²) in [6.07, 6.45) is 2.65. The molecule has 6 heteroatoms. The summed E-state index contributed by atoms with van der Waals surface area (Å²) in [5.74, 6) is 1.37. The van der Waals surface area contributed by atoms with Crippen molar-refractivity contribution in [3.05, 3.63) is 0 Å². The second-order valence-electron chi connectivity index (χ2n) is 5.69. The summed E-state index contributed by atoms with van der Waals surface area (Å²) in [5, 5.41) is 0. The highest BCUT2D eigenvalue weighted by Gasteiger charge is 2.28.